The van der Waals surface area contributed by atoms with E-state index in [2.05, 4.69) is 24.5 Å². The van der Waals surface area contributed by atoms with Crippen molar-refractivity contribution < 1.29 is 19.1 Å². The van der Waals surface area contributed by atoms with Gasteiger partial charge in [0.15, 0.2) is 6.61 Å². The SMILES string of the molecule is CCC(CC)CNC(=O)c1ccc(OCC(=O)Nc2cccc(OC)c2)cc1. The average molecular weight is 384 g/mol. The molecule has 2 amide bonds. The van der Waals surface area contributed by atoms with Crippen molar-refractivity contribution in [2.45, 2.75) is 26.7 Å². The van der Waals surface area contributed by atoms with E-state index in [-0.39, 0.29) is 18.4 Å². The smallest absolute Gasteiger partial charge is 0.262 e. The van der Waals surface area contributed by atoms with Crippen molar-refractivity contribution in [2.24, 2.45) is 5.92 Å². The Kier molecular flexibility index (Phi) is 8.34. The lowest BCUT2D eigenvalue weighted by Gasteiger charge is -2.13. The van der Waals surface area contributed by atoms with Crippen LogP contribution in [0.5, 0.6) is 11.5 Å². The summed E-state index contributed by atoms with van der Waals surface area (Å²) in [7, 11) is 1.57. The molecule has 0 bridgehead atoms. The number of carbonyl (C=O) groups is 2. The zero-order valence-electron chi connectivity index (χ0n) is 16.7. The summed E-state index contributed by atoms with van der Waals surface area (Å²) in [5.74, 6) is 1.30. The summed E-state index contributed by atoms with van der Waals surface area (Å²) in [6.45, 7) is 4.79. The molecule has 0 saturated carbocycles. The summed E-state index contributed by atoms with van der Waals surface area (Å²) in [5, 5.41) is 5.70. The van der Waals surface area contributed by atoms with Gasteiger partial charge in [-0.3, -0.25) is 9.59 Å². The number of methoxy groups -OCH3 is 1. The maximum absolute atomic E-state index is 12.2. The number of nitrogens with one attached hydrogen (secondary N) is 2. The lowest BCUT2D eigenvalue weighted by molar-refractivity contribution is -0.118. The maximum Gasteiger partial charge on any atom is 0.262 e. The molecule has 2 aromatic carbocycles. The molecule has 0 unspecified atom stereocenters. The van der Waals surface area contributed by atoms with Gasteiger partial charge in [-0.1, -0.05) is 32.8 Å². The fraction of sp³-hybridized carbons (Fsp3) is 0.364. The number of anilines is 1. The highest BCUT2D eigenvalue weighted by atomic mass is 16.5. The summed E-state index contributed by atoms with van der Waals surface area (Å²) in [4.78, 5) is 24.2. The number of ether oxygens (including phenoxy) is 2. The van der Waals surface area contributed by atoms with Crippen molar-refractivity contribution in [1.82, 2.24) is 5.32 Å². The third-order valence-electron chi connectivity index (χ3n) is 4.55. The van der Waals surface area contributed by atoms with Crippen LogP contribution in [-0.2, 0) is 4.79 Å². The van der Waals surface area contributed by atoms with Gasteiger partial charge in [0.1, 0.15) is 11.5 Å². The van der Waals surface area contributed by atoms with Crippen LogP contribution in [0.25, 0.3) is 0 Å². The number of benzene rings is 2. The molecule has 0 atom stereocenters. The molecule has 2 aromatic rings. The number of hydrogen-bond donors (Lipinski definition) is 2. The van der Waals surface area contributed by atoms with Gasteiger partial charge >= 0.3 is 0 Å². The second-order valence-electron chi connectivity index (χ2n) is 6.49. The van der Waals surface area contributed by atoms with E-state index in [1.165, 1.54) is 0 Å². The van der Waals surface area contributed by atoms with Crippen LogP contribution in [0.1, 0.15) is 37.0 Å². The third-order valence-corrected chi connectivity index (χ3v) is 4.55. The minimum atomic E-state index is -0.278. The van der Waals surface area contributed by atoms with E-state index in [4.69, 9.17) is 9.47 Å². The van der Waals surface area contributed by atoms with Gasteiger partial charge in [-0.2, -0.15) is 0 Å². The van der Waals surface area contributed by atoms with Crippen LogP contribution >= 0.6 is 0 Å². The van der Waals surface area contributed by atoms with Gasteiger partial charge < -0.3 is 20.1 Å². The molecule has 2 N–H and O–H groups in total. The Morgan fingerprint density at radius 1 is 1.00 bits per heavy atom. The van der Waals surface area contributed by atoms with Crippen LogP contribution in [0.4, 0.5) is 5.69 Å². The average Bonchev–Trinajstić information content (AvgIpc) is 2.73. The molecule has 0 heterocycles. The molecule has 0 aliphatic heterocycles. The Bertz CT molecular complexity index is 770. The van der Waals surface area contributed by atoms with Crippen LogP contribution in [0.3, 0.4) is 0 Å². The van der Waals surface area contributed by atoms with Crippen LogP contribution in [-0.4, -0.2) is 32.1 Å². The Morgan fingerprint density at radius 2 is 1.71 bits per heavy atom. The van der Waals surface area contributed by atoms with Crippen molar-refractivity contribution in [2.75, 3.05) is 25.6 Å². The highest BCUT2D eigenvalue weighted by molar-refractivity contribution is 5.94. The number of rotatable bonds is 10. The van der Waals surface area contributed by atoms with Crippen LogP contribution in [0.15, 0.2) is 48.5 Å². The zero-order valence-corrected chi connectivity index (χ0v) is 16.7. The van der Waals surface area contributed by atoms with Gasteiger partial charge in [0.05, 0.1) is 7.11 Å². The van der Waals surface area contributed by atoms with E-state index in [1.807, 2.05) is 0 Å². The Morgan fingerprint density at radius 3 is 2.36 bits per heavy atom. The van der Waals surface area contributed by atoms with E-state index >= 15 is 0 Å². The highest BCUT2D eigenvalue weighted by Crippen LogP contribution is 2.17. The quantitative estimate of drug-likeness (QED) is 0.652. The first-order valence-electron chi connectivity index (χ1n) is 9.50. The second kappa shape index (κ2) is 11.0. The van der Waals surface area contributed by atoms with Crippen molar-refractivity contribution in [3.63, 3.8) is 0 Å². The standard InChI is InChI=1S/C22H28N2O4/c1-4-16(5-2)14-23-22(26)17-9-11-19(12-10-17)28-15-21(25)24-18-7-6-8-20(13-18)27-3/h6-13,16H,4-5,14-15H2,1-3H3,(H,23,26)(H,24,25). The number of carbonyl (C=O) groups excluding carboxylic acids is 2. The lowest BCUT2D eigenvalue weighted by atomic mass is 10.0. The van der Waals surface area contributed by atoms with E-state index in [1.54, 1.807) is 55.6 Å². The van der Waals surface area contributed by atoms with Gasteiger partial charge in [-0.15, -0.1) is 0 Å². The first-order chi connectivity index (χ1) is 13.5. The Hall–Kier alpha value is -3.02. The minimum Gasteiger partial charge on any atom is -0.497 e. The molecule has 6 nitrogen and oxygen atoms in total. The maximum atomic E-state index is 12.2. The fourth-order valence-electron chi connectivity index (χ4n) is 2.67. The fourth-order valence-corrected chi connectivity index (χ4v) is 2.67. The predicted molar refractivity (Wildman–Crippen MR) is 110 cm³/mol. The minimum absolute atomic E-state index is 0.103. The topological polar surface area (TPSA) is 76.7 Å². The molecule has 150 valence electrons. The summed E-state index contributed by atoms with van der Waals surface area (Å²) in [5.41, 5.74) is 1.21. The van der Waals surface area contributed by atoms with Crippen molar-refractivity contribution in [3.05, 3.63) is 54.1 Å². The molecule has 0 saturated heterocycles. The van der Waals surface area contributed by atoms with Crippen LogP contribution < -0.4 is 20.1 Å². The third kappa shape index (κ3) is 6.61. The number of hydrogen-bond acceptors (Lipinski definition) is 4. The molecule has 28 heavy (non-hydrogen) atoms. The lowest BCUT2D eigenvalue weighted by Crippen LogP contribution is -2.28. The second-order valence-corrected chi connectivity index (χ2v) is 6.49. The Labute approximate surface area is 166 Å². The summed E-state index contributed by atoms with van der Waals surface area (Å²) in [6, 6.07) is 13.9. The van der Waals surface area contributed by atoms with Crippen molar-refractivity contribution in [1.29, 1.82) is 0 Å². The van der Waals surface area contributed by atoms with Gasteiger partial charge in [0, 0.05) is 23.9 Å². The van der Waals surface area contributed by atoms with E-state index < -0.39 is 0 Å². The van der Waals surface area contributed by atoms with E-state index in [0.29, 0.717) is 35.2 Å². The monoisotopic (exact) mass is 384 g/mol. The van der Waals surface area contributed by atoms with Crippen molar-refractivity contribution in [3.8, 4) is 11.5 Å². The van der Waals surface area contributed by atoms with Crippen molar-refractivity contribution >= 4 is 17.5 Å². The first-order valence-corrected chi connectivity index (χ1v) is 9.50. The summed E-state index contributed by atoms with van der Waals surface area (Å²) >= 11 is 0. The molecule has 0 spiro atoms. The molecule has 0 fully saturated rings. The van der Waals surface area contributed by atoms with Gasteiger partial charge in [0.25, 0.3) is 11.8 Å². The van der Waals surface area contributed by atoms with E-state index in [9.17, 15) is 9.59 Å². The molecule has 6 heteroatoms. The molecular formula is C22H28N2O4. The molecule has 0 radical (unpaired) electrons. The van der Waals surface area contributed by atoms with Gasteiger partial charge in [0.2, 0.25) is 0 Å². The molecule has 0 aliphatic rings. The molecule has 0 aromatic heterocycles. The van der Waals surface area contributed by atoms with E-state index in [0.717, 1.165) is 12.8 Å². The summed E-state index contributed by atoms with van der Waals surface area (Å²) < 4.78 is 10.6. The predicted octanol–water partition coefficient (Wildman–Crippen LogP) is 3.88. The first kappa shape index (κ1) is 21.3. The molecule has 0 aliphatic carbocycles. The highest BCUT2D eigenvalue weighted by Gasteiger charge is 2.09. The normalized spacial score (nSPS) is 10.4. The largest absolute Gasteiger partial charge is 0.497 e. The molecular weight excluding hydrogens is 356 g/mol. The van der Waals surface area contributed by atoms with Gasteiger partial charge in [-0.25, -0.2) is 0 Å². The Balaban J connectivity index is 1.81. The van der Waals surface area contributed by atoms with Crippen LogP contribution in [0, 0.1) is 5.92 Å². The molecule has 2 rings (SSSR count). The van der Waals surface area contributed by atoms with Crippen LogP contribution in [0.2, 0.25) is 0 Å². The number of amides is 2. The summed E-state index contributed by atoms with van der Waals surface area (Å²) in [6.07, 6.45) is 2.09. The van der Waals surface area contributed by atoms with Gasteiger partial charge in [-0.05, 0) is 42.3 Å². The zero-order chi connectivity index (χ0) is 20.4.